The Morgan fingerprint density at radius 2 is 1.91 bits per heavy atom. The summed E-state index contributed by atoms with van der Waals surface area (Å²) in [6, 6.07) is 10.5. The molecule has 176 valence electrons. The first-order valence-electron chi connectivity index (χ1n) is 12.4. The molecule has 2 fully saturated rings. The molecule has 0 aromatic heterocycles. The third kappa shape index (κ3) is 5.53. The van der Waals surface area contributed by atoms with Crippen LogP contribution < -0.4 is 0 Å². The molecule has 0 radical (unpaired) electrons. The molecule has 3 aliphatic rings. The molecule has 1 N–H and O–H groups in total. The van der Waals surface area contributed by atoms with Gasteiger partial charge in [-0.05, 0) is 56.1 Å². The van der Waals surface area contributed by atoms with Crippen LogP contribution in [-0.2, 0) is 20.8 Å². The Bertz CT molecular complexity index is 756. The predicted molar refractivity (Wildman–Crippen MR) is 124 cm³/mol. The highest BCUT2D eigenvalue weighted by Gasteiger charge is 2.42. The minimum atomic E-state index is -0.402. The van der Waals surface area contributed by atoms with Crippen molar-refractivity contribution in [2.24, 2.45) is 17.8 Å². The maximum absolute atomic E-state index is 13.4. The van der Waals surface area contributed by atoms with Gasteiger partial charge in [0.05, 0.1) is 0 Å². The second kappa shape index (κ2) is 11.3. The molecule has 4 rings (SSSR count). The smallest absolute Gasteiger partial charge is 0.288 e. The van der Waals surface area contributed by atoms with Gasteiger partial charge >= 0.3 is 0 Å². The van der Waals surface area contributed by atoms with Crippen LogP contribution in [0.5, 0.6) is 0 Å². The van der Waals surface area contributed by atoms with Crippen molar-refractivity contribution in [2.75, 3.05) is 39.4 Å². The molecular weight excluding hydrogens is 404 g/mol. The van der Waals surface area contributed by atoms with Crippen molar-refractivity contribution in [3.8, 4) is 0 Å². The van der Waals surface area contributed by atoms with Gasteiger partial charge in [-0.15, -0.1) is 0 Å². The highest BCUT2D eigenvalue weighted by atomic mass is 16.7. The van der Waals surface area contributed by atoms with Crippen LogP contribution in [0, 0.1) is 17.8 Å². The van der Waals surface area contributed by atoms with E-state index in [0.29, 0.717) is 37.3 Å². The van der Waals surface area contributed by atoms with Gasteiger partial charge in [0.15, 0.2) is 5.76 Å². The van der Waals surface area contributed by atoms with E-state index >= 15 is 0 Å². The number of hydrogen-bond donors (Lipinski definition) is 1. The molecule has 0 unspecified atom stereocenters. The average Bonchev–Trinajstić information content (AvgIpc) is 2.78. The molecule has 2 heterocycles. The van der Waals surface area contributed by atoms with Gasteiger partial charge in [-0.25, -0.2) is 0 Å². The van der Waals surface area contributed by atoms with E-state index in [4.69, 9.17) is 9.47 Å². The van der Waals surface area contributed by atoms with E-state index < -0.39 is 6.29 Å². The van der Waals surface area contributed by atoms with E-state index in [9.17, 15) is 9.90 Å². The number of allylic oxidation sites excluding steroid dienone is 1. The van der Waals surface area contributed by atoms with E-state index in [-0.39, 0.29) is 18.4 Å². The number of ether oxygens (including phenoxy) is 2. The van der Waals surface area contributed by atoms with E-state index in [1.54, 1.807) is 0 Å². The number of aliphatic hydroxyl groups excluding tert-OH is 1. The summed E-state index contributed by atoms with van der Waals surface area (Å²) in [6.07, 6.45) is 6.96. The zero-order chi connectivity index (χ0) is 22.3. The van der Waals surface area contributed by atoms with Gasteiger partial charge in [-0.3, -0.25) is 9.69 Å². The van der Waals surface area contributed by atoms with Crippen molar-refractivity contribution in [2.45, 2.75) is 51.9 Å². The summed E-state index contributed by atoms with van der Waals surface area (Å²) in [4.78, 5) is 17.7. The molecule has 0 spiro atoms. The first-order chi connectivity index (χ1) is 15.7. The summed E-state index contributed by atoms with van der Waals surface area (Å²) < 4.78 is 12.1. The fraction of sp³-hybridized carbons (Fsp3) is 0.654. The zero-order valence-electron chi connectivity index (χ0n) is 19.3. The minimum absolute atomic E-state index is 0.000930. The standard InChI is InChI=1S/C26H38N2O4/c1-2-31-26-22(12-7-17-29)23(21-10-6-11-21)18-24(32-26)25(30)28-15-13-27(14-16-28)19-20-8-4-3-5-9-20/h3-5,8-9,18,21-23,26,29H,2,6-7,10-17,19H2,1H3/t22-,23-,26-/m0/s1. The van der Waals surface area contributed by atoms with E-state index in [0.717, 1.165) is 32.5 Å². The molecule has 6 nitrogen and oxygen atoms in total. The molecule has 1 aromatic rings. The summed E-state index contributed by atoms with van der Waals surface area (Å²) in [5.41, 5.74) is 1.31. The lowest BCUT2D eigenvalue weighted by molar-refractivity contribution is -0.181. The van der Waals surface area contributed by atoms with E-state index in [1.807, 2.05) is 17.9 Å². The Morgan fingerprint density at radius 1 is 1.16 bits per heavy atom. The van der Waals surface area contributed by atoms with Crippen molar-refractivity contribution in [1.29, 1.82) is 0 Å². The minimum Gasteiger partial charge on any atom is -0.459 e. The average molecular weight is 443 g/mol. The van der Waals surface area contributed by atoms with Crippen molar-refractivity contribution in [3.63, 3.8) is 0 Å². The number of piperazine rings is 1. The van der Waals surface area contributed by atoms with Crippen molar-refractivity contribution < 1.29 is 19.4 Å². The Morgan fingerprint density at radius 3 is 2.53 bits per heavy atom. The van der Waals surface area contributed by atoms with Crippen LogP contribution >= 0.6 is 0 Å². The quantitative estimate of drug-likeness (QED) is 0.635. The topological polar surface area (TPSA) is 62.2 Å². The lowest BCUT2D eigenvalue weighted by Crippen LogP contribution is -2.50. The molecule has 1 saturated heterocycles. The van der Waals surface area contributed by atoms with Crippen LogP contribution in [0.25, 0.3) is 0 Å². The number of rotatable bonds is 9. The summed E-state index contributed by atoms with van der Waals surface area (Å²) >= 11 is 0. The Balaban J connectivity index is 1.41. The van der Waals surface area contributed by atoms with Gasteiger partial charge in [0.1, 0.15) is 0 Å². The van der Waals surface area contributed by atoms with Gasteiger partial charge in [0.2, 0.25) is 6.29 Å². The Labute approximate surface area is 192 Å². The Hall–Kier alpha value is -1.89. The lowest BCUT2D eigenvalue weighted by Gasteiger charge is -2.44. The van der Waals surface area contributed by atoms with Crippen LogP contribution in [0.4, 0.5) is 0 Å². The molecule has 3 atom stereocenters. The van der Waals surface area contributed by atoms with Gasteiger partial charge in [-0.1, -0.05) is 36.8 Å². The number of aliphatic hydroxyl groups is 1. The van der Waals surface area contributed by atoms with Gasteiger partial charge in [0, 0.05) is 51.9 Å². The molecule has 6 heteroatoms. The SMILES string of the molecule is CCO[C@H]1OC(C(=O)N2CCN(Cc3ccccc3)CC2)=C[C@@H](C2CCC2)[C@@H]1CCCO. The number of hydrogen-bond acceptors (Lipinski definition) is 5. The monoisotopic (exact) mass is 442 g/mol. The largest absolute Gasteiger partial charge is 0.459 e. The zero-order valence-corrected chi connectivity index (χ0v) is 19.3. The normalized spacial score (nSPS) is 26.9. The van der Waals surface area contributed by atoms with Crippen molar-refractivity contribution in [1.82, 2.24) is 9.80 Å². The van der Waals surface area contributed by atoms with Crippen LogP contribution in [0.2, 0.25) is 0 Å². The predicted octanol–water partition coefficient (Wildman–Crippen LogP) is 3.41. The Kier molecular flexibility index (Phi) is 8.22. The van der Waals surface area contributed by atoms with E-state index in [2.05, 4.69) is 35.2 Å². The third-order valence-electron chi connectivity index (χ3n) is 7.27. The summed E-state index contributed by atoms with van der Waals surface area (Å²) in [6.45, 7) is 6.79. The van der Waals surface area contributed by atoms with E-state index in [1.165, 1.54) is 24.8 Å². The molecular formula is C26H38N2O4. The second-order valence-corrected chi connectivity index (χ2v) is 9.32. The van der Waals surface area contributed by atoms with Crippen LogP contribution in [-0.4, -0.2) is 66.5 Å². The number of nitrogens with zero attached hydrogens (tertiary/aromatic N) is 2. The van der Waals surface area contributed by atoms with Gasteiger partial charge in [0.25, 0.3) is 5.91 Å². The summed E-state index contributed by atoms with van der Waals surface area (Å²) in [5.74, 6) is 1.55. The highest BCUT2D eigenvalue weighted by Crippen LogP contribution is 2.44. The molecule has 1 aromatic carbocycles. The van der Waals surface area contributed by atoms with Crippen LogP contribution in [0.15, 0.2) is 42.2 Å². The molecule has 2 aliphatic heterocycles. The van der Waals surface area contributed by atoms with Crippen molar-refractivity contribution >= 4 is 5.91 Å². The summed E-state index contributed by atoms with van der Waals surface area (Å²) in [5, 5.41) is 9.37. The first-order valence-corrected chi connectivity index (χ1v) is 12.4. The molecule has 0 bridgehead atoms. The molecule has 1 amide bonds. The van der Waals surface area contributed by atoms with Gasteiger partial charge in [-0.2, -0.15) is 0 Å². The fourth-order valence-electron chi connectivity index (χ4n) is 5.25. The summed E-state index contributed by atoms with van der Waals surface area (Å²) in [7, 11) is 0. The lowest BCUT2D eigenvalue weighted by atomic mass is 9.68. The van der Waals surface area contributed by atoms with Gasteiger partial charge < -0.3 is 19.5 Å². The van der Waals surface area contributed by atoms with Crippen LogP contribution in [0.3, 0.4) is 0 Å². The fourth-order valence-corrected chi connectivity index (χ4v) is 5.25. The maximum atomic E-state index is 13.4. The highest BCUT2D eigenvalue weighted by molar-refractivity contribution is 5.91. The number of benzene rings is 1. The molecule has 32 heavy (non-hydrogen) atoms. The molecule has 1 aliphatic carbocycles. The molecule has 1 saturated carbocycles. The van der Waals surface area contributed by atoms with Crippen LogP contribution in [0.1, 0.15) is 44.6 Å². The second-order valence-electron chi connectivity index (χ2n) is 9.32. The van der Waals surface area contributed by atoms with Crippen molar-refractivity contribution in [3.05, 3.63) is 47.7 Å². The number of carbonyl (C=O) groups is 1. The third-order valence-corrected chi connectivity index (χ3v) is 7.27. The number of amides is 1. The maximum Gasteiger partial charge on any atom is 0.288 e. The first kappa shape index (κ1) is 23.3. The number of carbonyl (C=O) groups excluding carboxylic acids is 1.